The summed E-state index contributed by atoms with van der Waals surface area (Å²) in [5, 5.41) is 3.79. The number of benzene rings is 3. The molecule has 1 amide bonds. The molecule has 10 heteroatoms. The maximum Gasteiger partial charge on any atom is 0.416 e. The zero-order valence-electron chi connectivity index (χ0n) is 17.1. The van der Waals surface area contributed by atoms with Gasteiger partial charge in [-0.15, -0.1) is 0 Å². The summed E-state index contributed by atoms with van der Waals surface area (Å²) >= 11 is 3.38. The van der Waals surface area contributed by atoms with Gasteiger partial charge in [0.2, 0.25) is 0 Å². The number of hydrogen-bond donors (Lipinski definition) is 1. The van der Waals surface area contributed by atoms with E-state index in [9.17, 15) is 22.4 Å². The normalized spacial score (nSPS) is 11.5. The molecule has 0 bridgehead atoms. The monoisotopic (exact) mass is 524 g/mol. The topological polar surface area (TPSA) is 59.9 Å². The molecule has 33 heavy (non-hydrogen) atoms. The van der Waals surface area contributed by atoms with Crippen LogP contribution in [0, 0.1) is 5.82 Å². The Bertz CT molecular complexity index is 1180. The Morgan fingerprint density at radius 2 is 1.88 bits per heavy atom. The molecule has 0 aromatic heterocycles. The van der Waals surface area contributed by atoms with Crippen LogP contribution in [0.15, 0.2) is 70.2 Å². The Labute approximate surface area is 195 Å². The van der Waals surface area contributed by atoms with Crippen molar-refractivity contribution < 1.29 is 31.8 Å². The summed E-state index contributed by atoms with van der Waals surface area (Å²) in [5.41, 5.74) is 2.23. The number of ether oxygens (including phenoxy) is 2. The van der Waals surface area contributed by atoms with Gasteiger partial charge in [-0.25, -0.2) is 9.82 Å². The van der Waals surface area contributed by atoms with E-state index in [0.29, 0.717) is 27.1 Å². The first-order valence-corrected chi connectivity index (χ1v) is 10.2. The molecule has 1 N–H and O–H groups in total. The van der Waals surface area contributed by atoms with Gasteiger partial charge >= 0.3 is 6.18 Å². The van der Waals surface area contributed by atoms with E-state index in [1.165, 1.54) is 31.5 Å². The third kappa shape index (κ3) is 6.55. The van der Waals surface area contributed by atoms with Crippen LogP contribution in [0.1, 0.15) is 27.0 Å². The van der Waals surface area contributed by atoms with Crippen LogP contribution < -0.4 is 14.9 Å². The molecule has 0 atom stereocenters. The summed E-state index contributed by atoms with van der Waals surface area (Å²) in [7, 11) is 1.44. The lowest BCUT2D eigenvalue weighted by Gasteiger charge is -2.13. The molecule has 0 spiro atoms. The summed E-state index contributed by atoms with van der Waals surface area (Å²) in [6.07, 6.45) is -3.25. The maximum atomic E-state index is 13.3. The molecule has 0 aliphatic carbocycles. The number of carbonyl (C=O) groups is 1. The maximum absolute atomic E-state index is 13.3. The lowest BCUT2D eigenvalue weighted by molar-refractivity contribution is -0.137. The molecule has 0 aliphatic rings. The van der Waals surface area contributed by atoms with E-state index in [0.717, 1.165) is 18.2 Å². The standard InChI is InChI=1S/C23H17BrF4N2O3/c1-32-20-10-15(9-19(24)21(20)33-13-14-4-2-7-18(25)8-14)12-29-30-22(31)16-5-3-6-17(11-16)23(26,27)28/h2-12H,13H2,1H3,(H,30,31)/b29-12-. The van der Waals surface area contributed by atoms with Crippen LogP contribution in [0.25, 0.3) is 0 Å². The van der Waals surface area contributed by atoms with E-state index in [-0.39, 0.29) is 18.0 Å². The van der Waals surface area contributed by atoms with E-state index in [1.54, 1.807) is 24.3 Å². The lowest BCUT2D eigenvalue weighted by Crippen LogP contribution is -2.18. The average molecular weight is 525 g/mol. The van der Waals surface area contributed by atoms with Gasteiger partial charge in [-0.2, -0.15) is 18.3 Å². The molecular formula is C23H17BrF4N2O3. The third-order valence-corrected chi connectivity index (χ3v) is 4.94. The molecule has 3 rings (SSSR count). The number of halogens is 5. The van der Waals surface area contributed by atoms with Crippen LogP contribution >= 0.6 is 15.9 Å². The van der Waals surface area contributed by atoms with E-state index >= 15 is 0 Å². The molecule has 0 aliphatic heterocycles. The number of rotatable bonds is 7. The smallest absolute Gasteiger partial charge is 0.416 e. The number of hydrazone groups is 1. The lowest BCUT2D eigenvalue weighted by atomic mass is 10.1. The highest BCUT2D eigenvalue weighted by Gasteiger charge is 2.30. The molecule has 0 saturated heterocycles. The van der Waals surface area contributed by atoms with Gasteiger partial charge in [0, 0.05) is 5.56 Å². The van der Waals surface area contributed by atoms with Crippen molar-refractivity contribution in [2.75, 3.05) is 7.11 Å². The minimum Gasteiger partial charge on any atom is -0.493 e. The van der Waals surface area contributed by atoms with Gasteiger partial charge in [0.15, 0.2) is 11.5 Å². The predicted molar refractivity (Wildman–Crippen MR) is 118 cm³/mol. The molecule has 3 aromatic rings. The first kappa shape index (κ1) is 24.2. The quantitative estimate of drug-likeness (QED) is 0.235. The highest BCUT2D eigenvalue weighted by Crippen LogP contribution is 2.37. The highest BCUT2D eigenvalue weighted by atomic mass is 79.9. The number of nitrogens with zero attached hydrogens (tertiary/aromatic N) is 1. The van der Waals surface area contributed by atoms with Crippen LogP contribution in [0.5, 0.6) is 11.5 Å². The summed E-state index contributed by atoms with van der Waals surface area (Å²) in [4.78, 5) is 12.1. The molecule has 0 heterocycles. The van der Waals surface area contributed by atoms with Gasteiger partial charge in [-0.1, -0.05) is 18.2 Å². The SMILES string of the molecule is COc1cc(/C=N\NC(=O)c2cccc(C(F)(F)F)c2)cc(Br)c1OCc1cccc(F)c1. The van der Waals surface area contributed by atoms with Crippen molar-refractivity contribution in [2.24, 2.45) is 5.10 Å². The Hall–Kier alpha value is -3.40. The van der Waals surface area contributed by atoms with Gasteiger partial charge in [-0.05, 0) is 69.5 Å². The third-order valence-electron chi connectivity index (χ3n) is 4.36. The van der Waals surface area contributed by atoms with E-state index in [4.69, 9.17) is 9.47 Å². The van der Waals surface area contributed by atoms with Crippen molar-refractivity contribution in [2.45, 2.75) is 12.8 Å². The highest BCUT2D eigenvalue weighted by molar-refractivity contribution is 9.10. The summed E-state index contributed by atoms with van der Waals surface area (Å²) < 4.78 is 63.4. The predicted octanol–water partition coefficient (Wildman–Crippen LogP) is 5.96. The van der Waals surface area contributed by atoms with Crippen LogP contribution in [0.2, 0.25) is 0 Å². The first-order chi connectivity index (χ1) is 15.7. The van der Waals surface area contributed by atoms with E-state index in [1.807, 2.05) is 0 Å². The molecule has 172 valence electrons. The molecule has 3 aromatic carbocycles. The fourth-order valence-corrected chi connectivity index (χ4v) is 3.38. The second-order valence-corrected chi connectivity index (χ2v) is 7.58. The van der Waals surface area contributed by atoms with Crippen LogP contribution in [0.3, 0.4) is 0 Å². The van der Waals surface area contributed by atoms with E-state index in [2.05, 4.69) is 26.5 Å². The fraction of sp³-hybridized carbons (Fsp3) is 0.130. The number of methoxy groups -OCH3 is 1. The second kappa shape index (κ2) is 10.5. The fourth-order valence-electron chi connectivity index (χ4n) is 2.80. The number of hydrogen-bond acceptors (Lipinski definition) is 4. The van der Waals surface area contributed by atoms with Crippen LogP contribution in [-0.2, 0) is 12.8 Å². The summed E-state index contributed by atoms with van der Waals surface area (Å²) in [6, 6.07) is 13.2. The molecule has 0 fully saturated rings. The molecule has 0 unspecified atom stereocenters. The molecule has 0 saturated carbocycles. The molecule has 0 radical (unpaired) electrons. The van der Waals surface area contributed by atoms with Gasteiger partial charge in [0.1, 0.15) is 12.4 Å². The van der Waals surface area contributed by atoms with Crippen molar-refractivity contribution in [1.29, 1.82) is 0 Å². The van der Waals surface area contributed by atoms with Gasteiger partial charge < -0.3 is 9.47 Å². The van der Waals surface area contributed by atoms with Crippen LogP contribution in [-0.4, -0.2) is 19.2 Å². The van der Waals surface area contributed by atoms with E-state index < -0.39 is 17.6 Å². The Morgan fingerprint density at radius 1 is 1.12 bits per heavy atom. The van der Waals surface area contributed by atoms with Crippen molar-refractivity contribution in [3.05, 3.63) is 93.2 Å². The average Bonchev–Trinajstić information content (AvgIpc) is 2.77. The van der Waals surface area contributed by atoms with Crippen molar-refractivity contribution in [3.8, 4) is 11.5 Å². The largest absolute Gasteiger partial charge is 0.493 e. The number of alkyl halides is 3. The second-order valence-electron chi connectivity index (χ2n) is 6.73. The van der Waals surface area contributed by atoms with Gasteiger partial charge in [0.25, 0.3) is 5.91 Å². The van der Waals surface area contributed by atoms with Gasteiger partial charge in [-0.3, -0.25) is 4.79 Å². The summed E-state index contributed by atoms with van der Waals surface area (Å²) in [5.74, 6) is -0.433. The zero-order valence-corrected chi connectivity index (χ0v) is 18.7. The number of carbonyl (C=O) groups excluding carboxylic acids is 1. The Kier molecular flexibility index (Phi) is 7.70. The van der Waals surface area contributed by atoms with Gasteiger partial charge in [0.05, 0.1) is 23.4 Å². The number of nitrogens with one attached hydrogen (secondary N) is 1. The minimum atomic E-state index is -4.55. The summed E-state index contributed by atoms with van der Waals surface area (Å²) in [6.45, 7) is 0.104. The minimum absolute atomic E-state index is 0.104. The molecular weight excluding hydrogens is 508 g/mol. The first-order valence-electron chi connectivity index (χ1n) is 9.43. The van der Waals surface area contributed by atoms with Crippen molar-refractivity contribution in [1.82, 2.24) is 5.43 Å². The van der Waals surface area contributed by atoms with Crippen molar-refractivity contribution in [3.63, 3.8) is 0 Å². The van der Waals surface area contributed by atoms with Crippen molar-refractivity contribution >= 4 is 28.1 Å². The Morgan fingerprint density at radius 3 is 2.58 bits per heavy atom. The zero-order chi connectivity index (χ0) is 24.0. The molecule has 5 nitrogen and oxygen atoms in total. The van der Waals surface area contributed by atoms with Crippen LogP contribution in [0.4, 0.5) is 17.6 Å². The number of amides is 1. The Balaban J connectivity index is 1.70.